The second-order valence-corrected chi connectivity index (χ2v) is 16.8. The average Bonchev–Trinajstić information content (AvgIpc) is 3.22. The van der Waals surface area contributed by atoms with Gasteiger partial charge in [0, 0.05) is 12.8 Å². The van der Waals surface area contributed by atoms with Crippen LogP contribution in [0.15, 0.2) is 48.6 Å². The topological polar surface area (TPSA) is 95.9 Å². The largest absolute Gasteiger partial charge is 0.466 e. The lowest BCUT2D eigenvalue weighted by atomic mass is 10.0. The van der Waals surface area contributed by atoms with E-state index in [0.29, 0.717) is 19.4 Å². The molecule has 2 unspecified atom stereocenters. The number of ether oxygens (including phenoxy) is 1. The van der Waals surface area contributed by atoms with Gasteiger partial charge in [-0.25, -0.2) is 0 Å². The standard InChI is InChI=1S/C52H95NO5/c1-3-5-7-9-11-13-15-17-19-20-22-23-25-28-32-36-40-44-50(55)49(48-54)53-51(56)45-41-37-33-29-27-31-35-39-43-47-58-52(57)46-42-38-34-30-26-24-21-18-16-14-12-10-8-6-4-2/h12,14,18,21,29,33,40,44,49-50,54-55H,3-11,13,15-17,19-20,22-28,30-32,34-39,41-43,45-48H2,1-2H3,(H,53,56)/b14-12-,21-18-,33-29-,44-40+. The summed E-state index contributed by atoms with van der Waals surface area (Å²) in [7, 11) is 0. The summed E-state index contributed by atoms with van der Waals surface area (Å²) in [6.07, 6.45) is 58.2. The number of hydrogen-bond acceptors (Lipinski definition) is 5. The molecule has 0 heterocycles. The molecule has 6 nitrogen and oxygen atoms in total. The fourth-order valence-electron chi connectivity index (χ4n) is 7.19. The van der Waals surface area contributed by atoms with Gasteiger partial charge >= 0.3 is 5.97 Å². The molecule has 0 fully saturated rings. The zero-order valence-electron chi connectivity index (χ0n) is 38.3. The monoisotopic (exact) mass is 814 g/mol. The van der Waals surface area contributed by atoms with E-state index in [0.717, 1.165) is 83.5 Å². The molecule has 0 aromatic carbocycles. The first kappa shape index (κ1) is 55.8. The summed E-state index contributed by atoms with van der Waals surface area (Å²) in [6, 6.07) is -0.667. The molecular formula is C52H95NO5. The Labute approximate surface area is 359 Å². The first-order chi connectivity index (χ1) is 28.5. The molecule has 0 spiro atoms. The van der Waals surface area contributed by atoms with Gasteiger partial charge in [0.1, 0.15) is 0 Å². The van der Waals surface area contributed by atoms with Crippen LogP contribution in [-0.4, -0.2) is 47.4 Å². The van der Waals surface area contributed by atoms with E-state index in [4.69, 9.17) is 4.74 Å². The molecule has 3 N–H and O–H groups in total. The Morgan fingerprint density at radius 2 is 0.879 bits per heavy atom. The van der Waals surface area contributed by atoms with E-state index < -0.39 is 12.1 Å². The zero-order valence-corrected chi connectivity index (χ0v) is 38.3. The van der Waals surface area contributed by atoms with Gasteiger partial charge in [-0.15, -0.1) is 0 Å². The lowest BCUT2D eigenvalue weighted by molar-refractivity contribution is -0.143. The second kappa shape index (κ2) is 47.5. The van der Waals surface area contributed by atoms with Crippen LogP contribution in [0.3, 0.4) is 0 Å². The minimum absolute atomic E-state index is 0.0528. The van der Waals surface area contributed by atoms with E-state index in [2.05, 4.69) is 55.6 Å². The first-order valence-corrected chi connectivity index (χ1v) is 24.9. The number of hydrogen-bond donors (Lipinski definition) is 3. The molecule has 0 aliphatic rings. The summed E-state index contributed by atoms with van der Waals surface area (Å²) in [6.45, 7) is 4.77. The number of allylic oxidation sites excluding steroid dienone is 7. The SMILES string of the molecule is CCCCC/C=C\C/C=C\CCCCCCCC(=O)OCCCCCC/C=C\CCCC(=O)NC(CO)C(O)/C=C/CCCCCCCCCCCCCCCCC. The van der Waals surface area contributed by atoms with Crippen molar-refractivity contribution in [1.29, 1.82) is 0 Å². The number of unbranched alkanes of at least 4 members (excludes halogenated alkanes) is 28. The third-order valence-corrected chi connectivity index (χ3v) is 11.1. The maximum Gasteiger partial charge on any atom is 0.305 e. The molecule has 338 valence electrons. The summed E-state index contributed by atoms with van der Waals surface area (Å²) in [5.41, 5.74) is 0. The number of aliphatic hydroxyl groups is 2. The van der Waals surface area contributed by atoms with Crippen molar-refractivity contribution in [1.82, 2.24) is 5.32 Å². The molecular weight excluding hydrogens is 719 g/mol. The maximum absolute atomic E-state index is 12.4. The third kappa shape index (κ3) is 43.4. The molecule has 0 aliphatic carbocycles. The predicted molar refractivity (Wildman–Crippen MR) is 250 cm³/mol. The maximum atomic E-state index is 12.4. The lowest BCUT2D eigenvalue weighted by Gasteiger charge is -2.19. The Balaban J connectivity index is 3.61. The van der Waals surface area contributed by atoms with E-state index in [1.54, 1.807) is 6.08 Å². The van der Waals surface area contributed by atoms with Crippen LogP contribution in [0.2, 0.25) is 0 Å². The summed E-state index contributed by atoms with van der Waals surface area (Å²) in [4.78, 5) is 24.4. The molecule has 0 saturated heterocycles. The first-order valence-electron chi connectivity index (χ1n) is 24.9. The molecule has 0 aromatic heterocycles. The second-order valence-electron chi connectivity index (χ2n) is 16.8. The van der Waals surface area contributed by atoms with Gasteiger partial charge in [-0.3, -0.25) is 9.59 Å². The van der Waals surface area contributed by atoms with Gasteiger partial charge in [-0.1, -0.05) is 197 Å². The summed E-state index contributed by atoms with van der Waals surface area (Å²) >= 11 is 0. The molecule has 58 heavy (non-hydrogen) atoms. The van der Waals surface area contributed by atoms with E-state index in [1.165, 1.54) is 135 Å². The van der Waals surface area contributed by atoms with Crippen molar-refractivity contribution in [2.75, 3.05) is 13.2 Å². The van der Waals surface area contributed by atoms with Crippen molar-refractivity contribution in [3.05, 3.63) is 48.6 Å². The van der Waals surface area contributed by atoms with Crippen molar-refractivity contribution in [3.8, 4) is 0 Å². The van der Waals surface area contributed by atoms with Gasteiger partial charge in [0.05, 0.1) is 25.4 Å². The van der Waals surface area contributed by atoms with Crippen LogP contribution in [0.5, 0.6) is 0 Å². The van der Waals surface area contributed by atoms with Crippen molar-refractivity contribution < 1.29 is 24.5 Å². The number of nitrogens with one attached hydrogen (secondary N) is 1. The highest BCUT2D eigenvalue weighted by Crippen LogP contribution is 2.15. The van der Waals surface area contributed by atoms with Crippen LogP contribution in [0.1, 0.15) is 245 Å². The van der Waals surface area contributed by atoms with E-state index in [1.807, 2.05) is 6.08 Å². The minimum Gasteiger partial charge on any atom is -0.466 e. The predicted octanol–water partition coefficient (Wildman–Crippen LogP) is 14.7. The number of carbonyl (C=O) groups excluding carboxylic acids is 2. The highest BCUT2D eigenvalue weighted by molar-refractivity contribution is 5.76. The fourth-order valence-corrected chi connectivity index (χ4v) is 7.19. The Morgan fingerprint density at radius 3 is 1.40 bits per heavy atom. The van der Waals surface area contributed by atoms with Crippen LogP contribution in [0, 0.1) is 0 Å². The molecule has 0 radical (unpaired) electrons. The third-order valence-electron chi connectivity index (χ3n) is 11.1. The van der Waals surface area contributed by atoms with Crippen LogP contribution in [-0.2, 0) is 14.3 Å². The molecule has 0 saturated carbocycles. The molecule has 0 aromatic rings. The molecule has 0 rings (SSSR count). The van der Waals surface area contributed by atoms with Crippen molar-refractivity contribution >= 4 is 11.9 Å². The Bertz CT molecular complexity index is 988. The number of carbonyl (C=O) groups is 2. The molecule has 0 bridgehead atoms. The van der Waals surface area contributed by atoms with Crippen LogP contribution in [0.25, 0.3) is 0 Å². The van der Waals surface area contributed by atoms with E-state index in [9.17, 15) is 19.8 Å². The van der Waals surface area contributed by atoms with Gasteiger partial charge in [0.2, 0.25) is 5.91 Å². The van der Waals surface area contributed by atoms with Gasteiger partial charge in [0.25, 0.3) is 0 Å². The summed E-state index contributed by atoms with van der Waals surface area (Å²) in [5.74, 6) is -0.183. The summed E-state index contributed by atoms with van der Waals surface area (Å²) < 4.78 is 5.42. The van der Waals surface area contributed by atoms with Gasteiger partial charge < -0.3 is 20.3 Å². The molecule has 2 atom stereocenters. The van der Waals surface area contributed by atoms with Crippen molar-refractivity contribution in [3.63, 3.8) is 0 Å². The van der Waals surface area contributed by atoms with Crippen LogP contribution >= 0.6 is 0 Å². The van der Waals surface area contributed by atoms with Gasteiger partial charge in [-0.05, 0) is 83.5 Å². The number of amides is 1. The molecule has 6 heteroatoms. The highest BCUT2D eigenvalue weighted by Gasteiger charge is 2.17. The smallest absolute Gasteiger partial charge is 0.305 e. The minimum atomic E-state index is -0.877. The Kier molecular flexibility index (Phi) is 45.7. The quantitative estimate of drug-likeness (QED) is 0.0323. The summed E-state index contributed by atoms with van der Waals surface area (Å²) in [5, 5.41) is 23.0. The number of esters is 1. The zero-order chi connectivity index (χ0) is 42.3. The lowest BCUT2D eigenvalue weighted by Crippen LogP contribution is -2.45. The van der Waals surface area contributed by atoms with Crippen molar-refractivity contribution in [2.45, 2.75) is 257 Å². The number of rotatable bonds is 45. The van der Waals surface area contributed by atoms with Crippen molar-refractivity contribution in [2.24, 2.45) is 0 Å². The van der Waals surface area contributed by atoms with Crippen LogP contribution in [0.4, 0.5) is 0 Å². The van der Waals surface area contributed by atoms with Crippen LogP contribution < -0.4 is 5.32 Å². The number of aliphatic hydroxyl groups excluding tert-OH is 2. The molecule has 0 aliphatic heterocycles. The normalized spacial score (nSPS) is 13.1. The highest BCUT2D eigenvalue weighted by atomic mass is 16.5. The van der Waals surface area contributed by atoms with Gasteiger partial charge in [-0.2, -0.15) is 0 Å². The Morgan fingerprint density at radius 1 is 0.483 bits per heavy atom. The van der Waals surface area contributed by atoms with Gasteiger partial charge in [0.15, 0.2) is 0 Å². The fraction of sp³-hybridized carbons (Fsp3) is 0.808. The van der Waals surface area contributed by atoms with E-state index in [-0.39, 0.29) is 18.5 Å². The van der Waals surface area contributed by atoms with E-state index >= 15 is 0 Å². The average molecular weight is 814 g/mol. The Hall–Kier alpha value is -2.18. The molecule has 1 amide bonds.